The van der Waals surface area contributed by atoms with Gasteiger partial charge in [-0.15, -0.1) is 0 Å². The van der Waals surface area contributed by atoms with Crippen LogP contribution in [0.3, 0.4) is 0 Å². The predicted octanol–water partition coefficient (Wildman–Crippen LogP) is 1.25. The monoisotopic (exact) mass is 178 g/mol. The lowest BCUT2D eigenvalue weighted by Crippen LogP contribution is -2.04. The van der Waals surface area contributed by atoms with Gasteiger partial charge >= 0.3 is 0 Å². The summed E-state index contributed by atoms with van der Waals surface area (Å²) in [4.78, 5) is 13.4. The number of H-pyrrole nitrogens is 1. The van der Waals surface area contributed by atoms with Crippen LogP contribution < -0.4 is 11.3 Å². The Balaban J connectivity index is 2.95. The predicted molar refractivity (Wildman–Crippen MR) is 48.9 cm³/mol. The molecule has 0 saturated carbocycles. The van der Waals surface area contributed by atoms with E-state index < -0.39 is 5.82 Å². The van der Waals surface area contributed by atoms with Gasteiger partial charge in [0.05, 0.1) is 11.2 Å². The Labute approximate surface area is 73.0 Å². The molecule has 0 fully saturated rings. The molecule has 4 heteroatoms. The number of aromatic nitrogens is 1. The van der Waals surface area contributed by atoms with E-state index in [0.29, 0.717) is 10.9 Å². The molecular weight excluding hydrogens is 171 g/mol. The van der Waals surface area contributed by atoms with Gasteiger partial charge in [0.25, 0.3) is 0 Å². The normalized spacial score (nSPS) is 10.5. The van der Waals surface area contributed by atoms with Crippen LogP contribution in [0.25, 0.3) is 10.9 Å². The number of rotatable bonds is 0. The van der Waals surface area contributed by atoms with E-state index in [1.807, 2.05) is 0 Å². The topological polar surface area (TPSA) is 58.9 Å². The first kappa shape index (κ1) is 7.79. The Morgan fingerprint density at radius 3 is 2.77 bits per heavy atom. The SMILES string of the molecule is Nc1c(F)ccc2[nH]c(=O)ccc12. The zero-order valence-electron chi connectivity index (χ0n) is 6.67. The summed E-state index contributed by atoms with van der Waals surface area (Å²) in [5.41, 5.74) is 5.86. The molecule has 0 bridgehead atoms. The Hall–Kier alpha value is -1.84. The van der Waals surface area contributed by atoms with Crippen molar-refractivity contribution in [2.24, 2.45) is 0 Å². The molecule has 0 atom stereocenters. The number of halogens is 1. The average molecular weight is 178 g/mol. The summed E-state index contributed by atoms with van der Waals surface area (Å²) >= 11 is 0. The smallest absolute Gasteiger partial charge is 0.248 e. The molecule has 3 nitrogen and oxygen atoms in total. The molecule has 2 aromatic rings. The van der Waals surface area contributed by atoms with Crippen LogP contribution in [0.4, 0.5) is 10.1 Å². The van der Waals surface area contributed by atoms with E-state index in [1.165, 1.54) is 24.3 Å². The first-order valence-corrected chi connectivity index (χ1v) is 3.75. The number of hydrogen-bond acceptors (Lipinski definition) is 2. The number of anilines is 1. The number of fused-ring (bicyclic) bond motifs is 1. The summed E-state index contributed by atoms with van der Waals surface area (Å²) in [6, 6.07) is 5.54. The highest BCUT2D eigenvalue weighted by atomic mass is 19.1. The largest absolute Gasteiger partial charge is 0.396 e. The third-order valence-electron chi connectivity index (χ3n) is 1.89. The number of nitrogen functional groups attached to an aromatic ring is 1. The highest BCUT2D eigenvalue weighted by molar-refractivity contribution is 5.90. The van der Waals surface area contributed by atoms with Crippen LogP contribution in [-0.4, -0.2) is 4.98 Å². The minimum Gasteiger partial charge on any atom is -0.396 e. The zero-order chi connectivity index (χ0) is 9.42. The van der Waals surface area contributed by atoms with E-state index >= 15 is 0 Å². The first-order valence-electron chi connectivity index (χ1n) is 3.75. The lowest BCUT2D eigenvalue weighted by Gasteiger charge is -2.01. The molecule has 0 radical (unpaired) electrons. The van der Waals surface area contributed by atoms with Crippen LogP contribution in [-0.2, 0) is 0 Å². The van der Waals surface area contributed by atoms with Gasteiger partial charge < -0.3 is 10.7 Å². The van der Waals surface area contributed by atoms with Gasteiger partial charge in [-0.2, -0.15) is 0 Å². The second kappa shape index (κ2) is 2.58. The number of nitrogens with one attached hydrogen (secondary N) is 1. The molecule has 1 aromatic heterocycles. The van der Waals surface area contributed by atoms with Crippen LogP contribution in [0.15, 0.2) is 29.1 Å². The Bertz CT molecular complexity index is 518. The van der Waals surface area contributed by atoms with Crippen LogP contribution >= 0.6 is 0 Å². The summed E-state index contributed by atoms with van der Waals surface area (Å²) in [5, 5.41) is 0.527. The molecule has 0 spiro atoms. The third kappa shape index (κ3) is 1.16. The summed E-state index contributed by atoms with van der Waals surface area (Å²) in [6.45, 7) is 0. The number of benzene rings is 1. The van der Waals surface area contributed by atoms with Crippen molar-refractivity contribution >= 4 is 16.6 Å². The maximum absolute atomic E-state index is 12.9. The molecule has 0 amide bonds. The number of hydrogen-bond donors (Lipinski definition) is 2. The quantitative estimate of drug-likeness (QED) is 0.596. The molecule has 3 N–H and O–H groups in total. The standard InChI is InChI=1S/C9H7FN2O/c10-6-2-3-7-5(9(6)11)1-4-8(13)12-7/h1-4H,11H2,(H,12,13). The molecule has 0 saturated heterocycles. The molecule has 2 rings (SSSR count). The van der Waals surface area contributed by atoms with Crippen molar-refractivity contribution < 1.29 is 4.39 Å². The van der Waals surface area contributed by atoms with E-state index in [0.717, 1.165) is 0 Å². The summed E-state index contributed by atoms with van der Waals surface area (Å²) in [6.07, 6.45) is 0. The van der Waals surface area contributed by atoms with Gasteiger partial charge in [-0.3, -0.25) is 4.79 Å². The lowest BCUT2D eigenvalue weighted by atomic mass is 10.2. The fraction of sp³-hybridized carbons (Fsp3) is 0. The lowest BCUT2D eigenvalue weighted by molar-refractivity contribution is 0.634. The Morgan fingerprint density at radius 2 is 2.00 bits per heavy atom. The Morgan fingerprint density at radius 1 is 1.23 bits per heavy atom. The van der Waals surface area contributed by atoms with Crippen molar-refractivity contribution in [1.29, 1.82) is 0 Å². The molecule has 0 aliphatic heterocycles. The van der Waals surface area contributed by atoms with Gasteiger partial charge in [0, 0.05) is 11.5 Å². The van der Waals surface area contributed by atoms with E-state index in [1.54, 1.807) is 0 Å². The van der Waals surface area contributed by atoms with E-state index in [-0.39, 0.29) is 11.2 Å². The summed E-state index contributed by atoms with van der Waals surface area (Å²) in [7, 11) is 0. The molecule has 66 valence electrons. The van der Waals surface area contributed by atoms with Crippen molar-refractivity contribution in [2.75, 3.05) is 5.73 Å². The van der Waals surface area contributed by atoms with Gasteiger partial charge in [0.15, 0.2) is 0 Å². The van der Waals surface area contributed by atoms with Gasteiger partial charge in [-0.25, -0.2) is 4.39 Å². The van der Waals surface area contributed by atoms with Crippen molar-refractivity contribution in [3.8, 4) is 0 Å². The summed E-state index contributed by atoms with van der Waals surface area (Å²) in [5.74, 6) is -0.473. The minimum atomic E-state index is -0.473. The average Bonchev–Trinajstić information content (AvgIpc) is 2.12. The fourth-order valence-electron chi connectivity index (χ4n) is 1.23. The highest BCUT2D eigenvalue weighted by Gasteiger charge is 2.03. The maximum atomic E-state index is 12.9. The minimum absolute atomic E-state index is 0.0637. The van der Waals surface area contributed by atoms with Crippen molar-refractivity contribution in [3.63, 3.8) is 0 Å². The molecular formula is C9H7FN2O. The van der Waals surface area contributed by atoms with Crippen LogP contribution in [0, 0.1) is 5.82 Å². The maximum Gasteiger partial charge on any atom is 0.248 e. The summed E-state index contributed by atoms with van der Waals surface area (Å²) < 4.78 is 12.9. The van der Waals surface area contributed by atoms with Crippen molar-refractivity contribution in [2.45, 2.75) is 0 Å². The van der Waals surface area contributed by atoms with Crippen LogP contribution in [0.2, 0.25) is 0 Å². The van der Waals surface area contributed by atoms with E-state index in [4.69, 9.17) is 5.73 Å². The molecule has 0 aliphatic rings. The second-order valence-corrected chi connectivity index (χ2v) is 2.74. The van der Waals surface area contributed by atoms with Crippen LogP contribution in [0.1, 0.15) is 0 Å². The number of nitrogens with two attached hydrogens (primary N) is 1. The molecule has 1 heterocycles. The number of pyridine rings is 1. The van der Waals surface area contributed by atoms with Gasteiger partial charge in [0.2, 0.25) is 5.56 Å². The van der Waals surface area contributed by atoms with Gasteiger partial charge in [0.1, 0.15) is 5.82 Å². The van der Waals surface area contributed by atoms with Crippen molar-refractivity contribution in [1.82, 2.24) is 4.98 Å². The van der Waals surface area contributed by atoms with Crippen molar-refractivity contribution in [3.05, 3.63) is 40.4 Å². The second-order valence-electron chi connectivity index (χ2n) is 2.74. The van der Waals surface area contributed by atoms with Gasteiger partial charge in [-0.1, -0.05) is 0 Å². The molecule has 13 heavy (non-hydrogen) atoms. The molecule has 0 unspecified atom stereocenters. The first-order chi connectivity index (χ1) is 6.18. The van der Waals surface area contributed by atoms with E-state index in [2.05, 4.69) is 4.98 Å². The zero-order valence-corrected chi connectivity index (χ0v) is 6.67. The fourth-order valence-corrected chi connectivity index (χ4v) is 1.23. The van der Waals surface area contributed by atoms with Crippen LogP contribution in [0.5, 0.6) is 0 Å². The van der Waals surface area contributed by atoms with E-state index in [9.17, 15) is 9.18 Å². The third-order valence-corrected chi connectivity index (χ3v) is 1.89. The highest BCUT2D eigenvalue weighted by Crippen LogP contribution is 2.20. The molecule has 0 aliphatic carbocycles. The Kier molecular flexibility index (Phi) is 1.55. The molecule has 1 aromatic carbocycles. The number of aromatic amines is 1. The van der Waals surface area contributed by atoms with Gasteiger partial charge in [-0.05, 0) is 18.2 Å².